The van der Waals surface area contributed by atoms with Crippen LogP contribution in [-0.4, -0.2) is 33.4 Å². The maximum Gasteiger partial charge on any atom is 0.294 e. The molecule has 1 saturated heterocycles. The number of nitrogens with zero attached hydrogens (tertiary/aromatic N) is 2. The van der Waals surface area contributed by atoms with Gasteiger partial charge < -0.3 is 10.1 Å². The van der Waals surface area contributed by atoms with Gasteiger partial charge in [-0.3, -0.25) is 29.4 Å². The molecule has 0 saturated carbocycles. The molecule has 1 fully saturated rings. The normalized spacial score (nSPS) is 14.3. The predicted molar refractivity (Wildman–Crippen MR) is 132 cm³/mol. The third kappa shape index (κ3) is 5.92. The Balaban J connectivity index is 1.43. The number of nitro groups is 1. The van der Waals surface area contributed by atoms with Gasteiger partial charge in [-0.15, -0.1) is 0 Å². The minimum absolute atomic E-state index is 0.0117. The summed E-state index contributed by atoms with van der Waals surface area (Å²) in [5.41, 5.74) is 1.87. The van der Waals surface area contributed by atoms with E-state index in [9.17, 15) is 24.5 Å². The number of ether oxygens (including phenoxy) is 1. The molecule has 0 aromatic heterocycles. The lowest BCUT2D eigenvalue weighted by Gasteiger charge is -2.12. The summed E-state index contributed by atoms with van der Waals surface area (Å²) in [6.07, 6.45) is 1.55. The van der Waals surface area contributed by atoms with Crippen molar-refractivity contribution in [2.24, 2.45) is 0 Å². The van der Waals surface area contributed by atoms with Crippen LogP contribution in [0.1, 0.15) is 11.1 Å². The number of amides is 3. The Hall–Kier alpha value is -4.44. The van der Waals surface area contributed by atoms with Crippen LogP contribution in [0.15, 0.2) is 83.8 Å². The summed E-state index contributed by atoms with van der Waals surface area (Å²) in [6, 6.07) is 21.7. The maximum absolute atomic E-state index is 12.8. The summed E-state index contributed by atoms with van der Waals surface area (Å²) in [5.74, 6) is -0.570. The predicted octanol–water partition coefficient (Wildman–Crippen LogP) is 4.85. The average molecular weight is 490 g/mol. The lowest BCUT2D eigenvalue weighted by atomic mass is 10.1. The van der Waals surface area contributed by atoms with Gasteiger partial charge in [-0.25, -0.2) is 0 Å². The number of benzene rings is 3. The topological polar surface area (TPSA) is 119 Å². The lowest BCUT2D eigenvalue weighted by Crippen LogP contribution is -2.36. The molecule has 0 unspecified atom stereocenters. The quantitative estimate of drug-likeness (QED) is 0.273. The van der Waals surface area contributed by atoms with Crippen molar-refractivity contribution >= 4 is 46.3 Å². The molecule has 0 atom stereocenters. The van der Waals surface area contributed by atoms with Gasteiger partial charge in [0.1, 0.15) is 18.9 Å². The molecule has 1 aliphatic rings. The largest absolute Gasteiger partial charge is 0.488 e. The third-order valence-corrected chi connectivity index (χ3v) is 5.89. The summed E-state index contributed by atoms with van der Waals surface area (Å²) in [6.45, 7) is -0.237. The van der Waals surface area contributed by atoms with Crippen LogP contribution in [0.4, 0.5) is 16.2 Å². The van der Waals surface area contributed by atoms with E-state index in [1.807, 2.05) is 6.07 Å². The molecule has 3 aromatic rings. The minimum atomic E-state index is -0.562. The second-order valence-corrected chi connectivity index (χ2v) is 8.43. The van der Waals surface area contributed by atoms with Crippen LogP contribution in [0.25, 0.3) is 6.08 Å². The molecule has 10 heteroatoms. The molecule has 176 valence electrons. The second kappa shape index (κ2) is 10.7. The first-order valence-electron chi connectivity index (χ1n) is 10.5. The number of hydrogen-bond donors (Lipinski definition) is 1. The molecule has 0 radical (unpaired) electrons. The van der Waals surface area contributed by atoms with Crippen LogP contribution in [0.5, 0.6) is 5.75 Å². The fourth-order valence-corrected chi connectivity index (χ4v) is 4.08. The van der Waals surface area contributed by atoms with Gasteiger partial charge in [-0.05, 0) is 53.7 Å². The van der Waals surface area contributed by atoms with Crippen molar-refractivity contribution in [1.29, 1.82) is 0 Å². The standard InChI is InChI=1S/C25H19N3O6S/c29-23(26-19-7-2-1-3-8-19)15-27-24(30)22(35-25(27)31)14-18-6-4-5-9-21(18)34-16-17-10-12-20(13-11-17)28(32)33/h1-14H,15-16H2,(H,26,29)/b22-14-. The molecule has 0 spiro atoms. The first-order chi connectivity index (χ1) is 16.9. The summed E-state index contributed by atoms with van der Waals surface area (Å²) >= 11 is 0.752. The number of rotatable bonds is 8. The number of para-hydroxylation sites is 2. The number of nitro benzene ring substituents is 1. The fraction of sp³-hybridized carbons (Fsp3) is 0.0800. The number of thioether (sulfide) groups is 1. The van der Waals surface area contributed by atoms with Gasteiger partial charge in [-0.1, -0.05) is 36.4 Å². The van der Waals surface area contributed by atoms with Crippen molar-refractivity contribution in [1.82, 2.24) is 4.90 Å². The Morgan fingerprint density at radius 2 is 1.69 bits per heavy atom. The average Bonchev–Trinajstić information content (AvgIpc) is 3.11. The van der Waals surface area contributed by atoms with E-state index in [0.29, 0.717) is 17.0 Å². The lowest BCUT2D eigenvalue weighted by molar-refractivity contribution is -0.384. The van der Waals surface area contributed by atoms with Crippen LogP contribution in [0.2, 0.25) is 0 Å². The Morgan fingerprint density at radius 3 is 2.40 bits per heavy atom. The first kappa shape index (κ1) is 23.7. The highest BCUT2D eigenvalue weighted by molar-refractivity contribution is 8.18. The maximum atomic E-state index is 12.8. The zero-order valence-electron chi connectivity index (χ0n) is 18.2. The summed E-state index contributed by atoms with van der Waals surface area (Å²) in [7, 11) is 0. The van der Waals surface area contributed by atoms with E-state index < -0.39 is 28.5 Å². The van der Waals surface area contributed by atoms with Gasteiger partial charge in [0.25, 0.3) is 16.8 Å². The van der Waals surface area contributed by atoms with Gasteiger partial charge in [0.2, 0.25) is 5.91 Å². The second-order valence-electron chi connectivity index (χ2n) is 7.43. The highest BCUT2D eigenvalue weighted by atomic mass is 32.2. The van der Waals surface area contributed by atoms with Crippen LogP contribution < -0.4 is 10.1 Å². The third-order valence-electron chi connectivity index (χ3n) is 4.98. The smallest absolute Gasteiger partial charge is 0.294 e. The van der Waals surface area contributed by atoms with Crippen LogP contribution >= 0.6 is 11.8 Å². The number of non-ortho nitro benzene ring substituents is 1. The Labute approximate surface area is 204 Å². The summed E-state index contributed by atoms with van der Waals surface area (Å²) in [4.78, 5) is 49.0. The van der Waals surface area contributed by atoms with Crippen LogP contribution in [0.3, 0.4) is 0 Å². The molecule has 4 rings (SSSR count). The van der Waals surface area contributed by atoms with Crippen molar-refractivity contribution in [3.05, 3.63) is 105 Å². The van der Waals surface area contributed by atoms with Crippen molar-refractivity contribution in [3.8, 4) is 5.75 Å². The molecule has 3 aromatic carbocycles. The van der Waals surface area contributed by atoms with E-state index in [0.717, 1.165) is 22.2 Å². The Morgan fingerprint density at radius 1 is 1.00 bits per heavy atom. The zero-order valence-corrected chi connectivity index (χ0v) is 19.1. The molecule has 0 aliphatic carbocycles. The molecular formula is C25H19N3O6S. The van der Waals surface area contributed by atoms with Crippen LogP contribution in [-0.2, 0) is 16.2 Å². The highest BCUT2D eigenvalue weighted by Gasteiger charge is 2.36. The van der Waals surface area contributed by atoms with E-state index in [1.54, 1.807) is 66.7 Å². The molecular weight excluding hydrogens is 470 g/mol. The van der Waals surface area contributed by atoms with E-state index >= 15 is 0 Å². The number of hydrogen-bond acceptors (Lipinski definition) is 7. The summed E-state index contributed by atoms with van der Waals surface area (Å²) in [5, 5.41) is 12.9. The van der Waals surface area contributed by atoms with Crippen molar-refractivity contribution in [2.75, 3.05) is 11.9 Å². The van der Waals surface area contributed by atoms with Gasteiger partial charge in [0.15, 0.2) is 0 Å². The highest BCUT2D eigenvalue weighted by Crippen LogP contribution is 2.34. The summed E-state index contributed by atoms with van der Waals surface area (Å²) < 4.78 is 5.86. The zero-order chi connectivity index (χ0) is 24.8. The fourth-order valence-electron chi connectivity index (χ4n) is 3.25. The number of carbonyl (C=O) groups is 3. The van der Waals surface area contributed by atoms with E-state index in [-0.39, 0.29) is 17.2 Å². The van der Waals surface area contributed by atoms with Gasteiger partial charge >= 0.3 is 0 Å². The van der Waals surface area contributed by atoms with Crippen molar-refractivity contribution in [3.63, 3.8) is 0 Å². The molecule has 0 bridgehead atoms. The molecule has 1 N–H and O–H groups in total. The monoisotopic (exact) mass is 489 g/mol. The number of carbonyl (C=O) groups excluding carboxylic acids is 3. The van der Waals surface area contributed by atoms with Gasteiger partial charge in [0, 0.05) is 23.4 Å². The SMILES string of the molecule is O=C(CN1C(=O)S/C(=C\c2ccccc2OCc2ccc([N+](=O)[O-])cc2)C1=O)Nc1ccccc1. The van der Waals surface area contributed by atoms with E-state index in [2.05, 4.69) is 5.32 Å². The van der Waals surface area contributed by atoms with E-state index in [4.69, 9.17) is 4.74 Å². The molecule has 1 heterocycles. The molecule has 35 heavy (non-hydrogen) atoms. The minimum Gasteiger partial charge on any atom is -0.488 e. The number of anilines is 1. The number of imide groups is 1. The van der Waals surface area contributed by atoms with Crippen molar-refractivity contribution < 1.29 is 24.0 Å². The van der Waals surface area contributed by atoms with Crippen molar-refractivity contribution in [2.45, 2.75) is 6.61 Å². The molecule has 3 amide bonds. The Kier molecular flexibility index (Phi) is 7.22. The Bertz CT molecular complexity index is 1310. The number of nitrogens with one attached hydrogen (secondary N) is 1. The van der Waals surface area contributed by atoms with E-state index in [1.165, 1.54) is 12.1 Å². The first-order valence-corrected chi connectivity index (χ1v) is 11.3. The van der Waals surface area contributed by atoms with Crippen LogP contribution in [0, 0.1) is 10.1 Å². The van der Waals surface area contributed by atoms with Gasteiger partial charge in [-0.2, -0.15) is 0 Å². The molecule has 9 nitrogen and oxygen atoms in total. The van der Waals surface area contributed by atoms with Gasteiger partial charge in [0.05, 0.1) is 9.83 Å². The molecule has 1 aliphatic heterocycles.